The van der Waals surface area contributed by atoms with Crippen molar-refractivity contribution in [1.29, 1.82) is 0 Å². The van der Waals surface area contributed by atoms with Gasteiger partial charge in [-0.15, -0.1) is 0 Å². The molecule has 0 saturated carbocycles. The molecule has 0 atom stereocenters. The lowest BCUT2D eigenvalue weighted by Gasteiger charge is -2.04. The predicted molar refractivity (Wildman–Crippen MR) is 92.5 cm³/mol. The number of nitrogens with zero attached hydrogens (tertiary/aromatic N) is 3. The second kappa shape index (κ2) is 8.06. The van der Waals surface area contributed by atoms with Crippen LogP contribution in [0.15, 0.2) is 61.1 Å². The van der Waals surface area contributed by atoms with Crippen LogP contribution in [-0.4, -0.2) is 33.8 Å². The minimum atomic E-state index is -0.487. The fourth-order valence-corrected chi connectivity index (χ4v) is 2.29. The number of hydrogen-bond donors (Lipinski definition) is 0. The average Bonchev–Trinajstić information content (AvgIpc) is 3.15. The third-order valence-corrected chi connectivity index (χ3v) is 3.65. The molecule has 7 heteroatoms. The summed E-state index contributed by atoms with van der Waals surface area (Å²) in [5.41, 5.74) is 2.37. The molecule has 3 rings (SSSR count). The molecule has 1 aromatic carbocycles. The second-order valence-electron chi connectivity index (χ2n) is 5.53. The van der Waals surface area contributed by atoms with Crippen LogP contribution >= 0.6 is 0 Å². The molecule has 0 unspecified atom stereocenters. The normalized spacial score (nSPS) is 10.3. The number of ether oxygens (including phenoxy) is 2. The molecule has 7 nitrogen and oxygen atoms in total. The average molecular weight is 351 g/mol. The number of hydrogen-bond acceptors (Lipinski definition) is 6. The molecule has 0 spiro atoms. The molecule has 3 aromatic rings. The number of methoxy groups -OCH3 is 1. The van der Waals surface area contributed by atoms with E-state index in [1.165, 1.54) is 13.3 Å². The van der Waals surface area contributed by atoms with Crippen molar-refractivity contribution in [2.75, 3.05) is 7.11 Å². The molecule has 26 heavy (non-hydrogen) atoms. The fourth-order valence-electron chi connectivity index (χ4n) is 2.29. The van der Waals surface area contributed by atoms with Crippen LogP contribution in [0.25, 0.3) is 0 Å². The van der Waals surface area contributed by atoms with Crippen molar-refractivity contribution in [3.8, 4) is 0 Å². The van der Waals surface area contributed by atoms with Gasteiger partial charge in [-0.2, -0.15) is 5.10 Å². The van der Waals surface area contributed by atoms with Gasteiger partial charge in [0.25, 0.3) is 0 Å². The lowest BCUT2D eigenvalue weighted by molar-refractivity contribution is 0.0472. The monoisotopic (exact) mass is 351 g/mol. The summed E-state index contributed by atoms with van der Waals surface area (Å²) >= 11 is 0. The van der Waals surface area contributed by atoms with Crippen LogP contribution in [0.5, 0.6) is 0 Å². The van der Waals surface area contributed by atoms with Crippen LogP contribution in [0.3, 0.4) is 0 Å². The van der Waals surface area contributed by atoms with Crippen molar-refractivity contribution < 1.29 is 19.1 Å². The molecular weight excluding hydrogens is 334 g/mol. The fraction of sp³-hybridized carbons (Fsp3) is 0.158. The summed E-state index contributed by atoms with van der Waals surface area (Å²) in [5.74, 6) is -0.918. The summed E-state index contributed by atoms with van der Waals surface area (Å²) in [5, 5.41) is 4.16. The van der Waals surface area contributed by atoms with E-state index < -0.39 is 11.9 Å². The summed E-state index contributed by atoms with van der Waals surface area (Å²) in [4.78, 5) is 27.5. The zero-order valence-corrected chi connectivity index (χ0v) is 14.2. The molecule has 2 aromatic heterocycles. The van der Waals surface area contributed by atoms with Gasteiger partial charge in [-0.1, -0.05) is 36.4 Å². The van der Waals surface area contributed by atoms with Gasteiger partial charge in [-0.05, 0) is 17.2 Å². The number of esters is 2. The van der Waals surface area contributed by atoms with E-state index in [-0.39, 0.29) is 12.3 Å². The lowest BCUT2D eigenvalue weighted by atomic mass is 10.2. The van der Waals surface area contributed by atoms with Gasteiger partial charge in [0.15, 0.2) is 0 Å². The first kappa shape index (κ1) is 17.3. The Bertz CT molecular complexity index is 889. The predicted octanol–water partition coefficient (Wildman–Crippen LogP) is 2.47. The number of benzene rings is 1. The first-order chi connectivity index (χ1) is 12.7. The maximum atomic E-state index is 12.1. The van der Waals surface area contributed by atoms with E-state index >= 15 is 0 Å². The Balaban J connectivity index is 1.58. The maximum absolute atomic E-state index is 12.1. The highest BCUT2D eigenvalue weighted by molar-refractivity contribution is 5.88. The quantitative estimate of drug-likeness (QED) is 0.635. The minimum Gasteiger partial charge on any atom is -0.464 e. The smallest absolute Gasteiger partial charge is 0.356 e. The Hall–Kier alpha value is -3.48. The van der Waals surface area contributed by atoms with Crippen molar-refractivity contribution in [3.05, 3.63) is 83.4 Å². The van der Waals surface area contributed by atoms with Crippen LogP contribution in [0.1, 0.15) is 32.0 Å². The molecule has 0 bridgehead atoms. The third-order valence-electron chi connectivity index (χ3n) is 3.65. The van der Waals surface area contributed by atoms with E-state index in [4.69, 9.17) is 4.74 Å². The number of rotatable bonds is 6. The topological polar surface area (TPSA) is 83.3 Å². The van der Waals surface area contributed by atoms with Gasteiger partial charge < -0.3 is 9.47 Å². The Morgan fingerprint density at radius 3 is 2.50 bits per heavy atom. The van der Waals surface area contributed by atoms with E-state index in [9.17, 15) is 9.59 Å². The van der Waals surface area contributed by atoms with E-state index in [2.05, 4.69) is 14.8 Å². The van der Waals surface area contributed by atoms with Crippen molar-refractivity contribution in [1.82, 2.24) is 14.8 Å². The molecular formula is C19H17N3O4. The van der Waals surface area contributed by atoms with Crippen molar-refractivity contribution in [2.45, 2.75) is 13.2 Å². The van der Waals surface area contributed by atoms with Crippen LogP contribution in [0.2, 0.25) is 0 Å². The first-order valence-electron chi connectivity index (χ1n) is 7.92. The Kier molecular flexibility index (Phi) is 5.38. The van der Waals surface area contributed by atoms with Gasteiger partial charge in [0.1, 0.15) is 12.3 Å². The summed E-state index contributed by atoms with van der Waals surface area (Å²) < 4.78 is 11.5. The molecule has 0 saturated heterocycles. The largest absolute Gasteiger partial charge is 0.464 e. The van der Waals surface area contributed by atoms with E-state index in [1.807, 2.05) is 30.3 Å². The maximum Gasteiger partial charge on any atom is 0.356 e. The van der Waals surface area contributed by atoms with Gasteiger partial charge in [-0.25, -0.2) is 14.6 Å². The van der Waals surface area contributed by atoms with E-state index in [0.717, 1.165) is 11.1 Å². The number of carbonyl (C=O) groups is 2. The highest BCUT2D eigenvalue weighted by atomic mass is 16.5. The zero-order chi connectivity index (χ0) is 18.4. The highest BCUT2D eigenvalue weighted by Crippen LogP contribution is 2.08. The highest BCUT2D eigenvalue weighted by Gasteiger charge is 2.11. The molecule has 0 aliphatic heterocycles. The molecule has 0 N–H and O–H groups in total. The Labute approximate surface area is 150 Å². The Morgan fingerprint density at radius 2 is 1.81 bits per heavy atom. The standard InChI is InChI=1S/C19H17N3O4/c1-25-19(24)17-8-7-15(9-20-17)11-22-12-16(10-21-22)18(23)26-13-14-5-3-2-4-6-14/h2-10,12H,11,13H2,1H3. The van der Waals surface area contributed by atoms with Gasteiger partial charge >= 0.3 is 11.9 Å². The molecule has 0 aliphatic rings. The molecule has 0 fully saturated rings. The zero-order valence-electron chi connectivity index (χ0n) is 14.2. The summed E-state index contributed by atoms with van der Waals surface area (Å²) in [6.07, 6.45) is 4.65. The van der Waals surface area contributed by atoms with Crippen molar-refractivity contribution in [2.24, 2.45) is 0 Å². The van der Waals surface area contributed by atoms with Gasteiger partial charge in [-0.3, -0.25) is 4.68 Å². The van der Waals surface area contributed by atoms with Crippen LogP contribution < -0.4 is 0 Å². The summed E-state index contributed by atoms with van der Waals surface area (Å²) in [6, 6.07) is 12.8. The van der Waals surface area contributed by atoms with Crippen LogP contribution in [-0.2, 0) is 22.6 Å². The number of pyridine rings is 1. The number of carbonyl (C=O) groups excluding carboxylic acids is 2. The van der Waals surface area contributed by atoms with E-state index in [0.29, 0.717) is 12.1 Å². The molecule has 2 heterocycles. The second-order valence-corrected chi connectivity index (χ2v) is 5.53. The molecule has 132 valence electrons. The van der Waals surface area contributed by atoms with E-state index in [1.54, 1.807) is 29.2 Å². The molecule has 0 amide bonds. The van der Waals surface area contributed by atoms with Gasteiger partial charge in [0, 0.05) is 12.4 Å². The van der Waals surface area contributed by atoms with Crippen LogP contribution in [0.4, 0.5) is 0 Å². The number of aromatic nitrogens is 3. The van der Waals surface area contributed by atoms with Gasteiger partial charge in [0.05, 0.1) is 25.4 Å². The summed E-state index contributed by atoms with van der Waals surface area (Å²) in [6.45, 7) is 0.629. The van der Waals surface area contributed by atoms with Gasteiger partial charge in [0.2, 0.25) is 0 Å². The third kappa shape index (κ3) is 4.32. The molecule has 0 aliphatic carbocycles. The minimum absolute atomic E-state index is 0.212. The SMILES string of the molecule is COC(=O)c1ccc(Cn2cc(C(=O)OCc3ccccc3)cn2)cn1. The van der Waals surface area contributed by atoms with Crippen molar-refractivity contribution >= 4 is 11.9 Å². The van der Waals surface area contributed by atoms with Crippen LogP contribution in [0, 0.1) is 0 Å². The molecule has 0 radical (unpaired) electrons. The first-order valence-corrected chi connectivity index (χ1v) is 7.92. The Morgan fingerprint density at radius 1 is 1.00 bits per heavy atom. The van der Waals surface area contributed by atoms with Crippen molar-refractivity contribution in [3.63, 3.8) is 0 Å². The summed E-state index contributed by atoms with van der Waals surface area (Å²) in [7, 11) is 1.31. The lowest BCUT2D eigenvalue weighted by Crippen LogP contribution is -2.06.